The number of benzene rings is 1. The van der Waals surface area contributed by atoms with Gasteiger partial charge < -0.3 is 9.67 Å². The van der Waals surface area contributed by atoms with Crippen LogP contribution in [0.25, 0.3) is 0 Å². The summed E-state index contributed by atoms with van der Waals surface area (Å²) in [5, 5.41) is 10.6. The molecule has 0 radical (unpaired) electrons. The fraction of sp³-hybridized carbons (Fsp3) is 0.471. The van der Waals surface area contributed by atoms with Crippen LogP contribution in [0.2, 0.25) is 0 Å². The van der Waals surface area contributed by atoms with Crippen molar-refractivity contribution < 1.29 is 5.11 Å². The van der Waals surface area contributed by atoms with Gasteiger partial charge in [0.05, 0.1) is 6.10 Å². The quantitative estimate of drug-likeness (QED) is 0.907. The van der Waals surface area contributed by atoms with Crippen molar-refractivity contribution in [1.82, 2.24) is 9.55 Å². The summed E-state index contributed by atoms with van der Waals surface area (Å²) < 4.78 is 2.16. The molecule has 2 atom stereocenters. The molecule has 0 bridgehead atoms. The molecule has 1 aliphatic rings. The van der Waals surface area contributed by atoms with Gasteiger partial charge in [0.15, 0.2) is 0 Å². The summed E-state index contributed by atoms with van der Waals surface area (Å²) in [6, 6.07) is 8.50. The smallest absolute Gasteiger partial charge is 0.111 e. The number of aliphatic hydroxyl groups is 1. The molecule has 3 heteroatoms. The molecule has 0 spiro atoms. The molecule has 0 saturated carbocycles. The molecule has 2 aromatic rings. The molecule has 0 saturated heterocycles. The van der Waals surface area contributed by atoms with Crippen molar-refractivity contribution >= 4 is 0 Å². The van der Waals surface area contributed by atoms with Crippen molar-refractivity contribution in [3.8, 4) is 0 Å². The highest BCUT2D eigenvalue weighted by molar-refractivity contribution is 5.35. The van der Waals surface area contributed by atoms with E-state index in [0.29, 0.717) is 6.42 Å². The lowest BCUT2D eigenvalue weighted by Crippen LogP contribution is -2.21. The lowest BCUT2D eigenvalue weighted by molar-refractivity contribution is 0.139. The van der Waals surface area contributed by atoms with Crippen LogP contribution in [0.1, 0.15) is 42.6 Å². The molecular weight excluding hydrogens is 248 g/mol. The summed E-state index contributed by atoms with van der Waals surface area (Å²) in [5.41, 5.74) is 2.72. The van der Waals surface area contributed by atoms with Gasteiger partial charge in [0.2, 0.25) is 0 Å². The number of nitrogens with zero attached hydrogens (tertiary/aromatic N) is 2. The number of fused-ring (bicyclic) bond motifs is 1. The fourth-order valence-corrected chi connectivity index (χ4v) is 3.29. The maximum Gasteiger partial charge on any atom is 0.111 e. The van der Waals surface area contributed by atoms with Crippen LogP contribution in [0.5, 0.6) is 0 Å². The van der Waals surface area contributed by atoms with E-state index in [-0.39, 0.29) is 12.0 Å². The normalized spacial score (nSPS) is 19.0. The van der Waals surface area contributed by atoms with Gasteiger partial charge in [0, 0.05) is 31.3 Å². The molecule has 1 aromatic carbocycles. The Morgan fingerprint density at radius 2 is 2.25 bits per heavy atom. The van der Waals surface area contributed by atoms with Crippen LogP contribution < -0.4 is 0 Å². The molecular formula is C17H22N2O. The summed E-state index contributed by atoms with van der Waals surface area (Å²) in [6.07, 6.45) is 7.37. The predicted octanol–water partition coefficient (Wildman–Crippen LogP) is 2.93. The Bertz CT molecular complexity index is 576. The van der Waals surface area contributed by atoms with Crippen molar-refractivity contribution in [2.24, 2.45) is 0 Å². The number of aryl methyl sites for hydroxylation is 2. The molecule has 1 N–H and O–H groups in total. The molecule has 2 unspecified atom stereocenters. The number of hydrogen-bond acceptors (Lipinski definition) is 2. The van der Waals surface area contributed by atoms with E-state index in [1.807, 2.05) is 12.4 Å². The minimum Gasteiger partial charge on any atom is -0.392 e. The Labute approximate surface area is 120 Å². The molecule has 1 aliphatic carbocycles. The molecule has 3 rings (SSSR count). The van der Waals surface area contributed by atoms with Crippen LogP contribution >= 0.6 is 0 Å². The van der Waals surface area contributed by atoms with Gasteiger partial charge in [-0.3, -0.25) is 0 Å². The maximum absolute atomic E-state index is 10.6. The summed E-state index contributed by atoms with van der Waals surface area (Å²) in [7, 11) is 0. The van der Waals surface area contributed by atoms with Gasteiger partial charge in [-0.15, -0.1) is 0 Å². The van der Waals surface area contributed by atoms with Gasteiger partial charge in [0.1, 0.15) is 5.82 Å². The van der Waals surface area contributed by atoms with E-state index in [0.717, 1.165) is 31.6 Å². The number of imidazole rings is 1. The zero-order valence-corrected chi connectivity index (χ0v) is 12.0. The molecule has 0 amide bonds. The average molecular weight is 270 g/mol. The third-order valence-corrected chi connectivity index (χ3v) is 4.30. The highest BCUT2D eigenvalue weighted by Gasteiger charge is 2.29. The zero-order valence-electron chi connectivity index (χ0n) is 12.0. The van der Waals surface area contributed by atoms with Gasteiger partial charge in [0.25, 0.3) is 0 Å². The first kappa shape index (κ1) is 13.4. The molecule has 1 aromatic heterocycles. The molecule has 20 heavy (non-hydrogen) atoms. The van der Waals surface area contributed by atoms with E-state index in [2.05, 4.69) is 40.7 Å². The SMILES string of the molecule is CCCn1ccnc1CC(O)C1CCc2ccccc21. The van der Waals surface area contributed by atoms with Crippen molar-refractivity contribution in [3.05, 3.63) is 53.6 Å². The van der Waals surface area contributed by atoms with E-state index in [1.54, 1.807) is 0 Å². The summed E-state index contributed by atoms with van der Waals surface area (Å²) >= 11 is 0. The third-order valence-electron chi connectivity index (χ3n) is 4.30. The standard InChI is InChI=1S/C17H22N2O/c1-2-10-19-11-9-18-17(19)12-16(20)15-8-7-13-5-3-4-6-14(13)15/h3-6,9,11,15-16,20H,2,7-8,10,12H2,1H3. The van der Waals surface area contributed by atoms with Gasteiger partial charge in [-0.05, 0) is 30.4 Å². The van der Waals surface area contributed by atoms with Crippen LogP contribution in [-0.2, 0) is 19.4 Å². The summed E-state index contributed by atoms with van der Waals surface area (Å²) in [5.74, 6) is 1.27. The second kappa shape index (κ2) is 5.80. The van der Waals surface area contributed by atoms with Crippen molar-refractivity contribution in [2.45, 2.75) is 51.2 Å². The van der Waals surface area contributed by atoms with Crippen molar-refractivity contribution in [1.29, 1.82) is 0 Å². The Balaban J connectivity index is 1.74. The van der Waals surface area contributed by atoms with E-state index >= 15 is 0 Å². The van der Waals surface area contributed by atoms with Crippen LogP contribution in [0.15, 0.2) is 36.7 Å². The Morgan fingerprint density at radius 1 is 1.40 bits per heavy atom. The molecule has 106 valence electrons. The van der Waals surface area contributed by atoms with Crippen molar-refractivity contribution in [3.63, 3.8) is 0 Å². The molecule has 1 heterocycles. The number of rotatable bonds is 5. The largest absolute Gasteiger partial charge is 0.392 e. The highest BCUT2D eigenvalue weighted by Crippen LogP contribution is 2.36. The van der Waals surface area contributed by atoms with E-state index in [4.69, 9.17) is 0 Å². The second-order valence-corrected chi connectivity index (χ2v) is 5.65. The minimum absolute atomic E-state index is 0.262. The van der Waals surface area contributed by atoms with Crippen molar-refractivity contribution in [2.75, 3.05) is 0 Å². The van der Waals surface area contributed by atoms with E-state index < -0.39 is 0 Å². The third kappa shape index (κ3) is 2.50. The van der Waals surface area contributed by atoms with Crippen LogP contribution in [0.4, 0.5) is 0 Å². The zero-order chi connectivity index (χ0) is 13.9. The second-order valence-electron chi connectivity index (χ2n) is 5.65. The number of hydrogen-bond donors (Lipinski definition) is 1. The molecule has 0 aliphatic heterocycles. The van der Waals surface area contributed by atoms with E-state index in [9.17, 15) is 5.11 Å². The number of aliphatic hydroxyl groups excluding tert-OH is 1. The summed E-state index contributed by atoms with van der Waals surface area (Å²) in [6.45, 7) is 3.14. The topological polar surface area (TPSA) is 38.0 Å². The minimum atomic E-state index is -0.336. The Hall–Kier alpha value is -1.61. The van der Waals surface area contributed by atoms with Crippen LogP contribution in [-0.4, -0.2) is 20.8 Å². The first-order valence-corrected chi connectivity index (χ1v) is 7.55. The van der Waals surface area contributed by atoms with E-state index in [1.165, 1.54) is 11.1 Å². The maximum atomic E-state index is 10.6. The van der Waals surface area contributed by atoms with Crippen LogP contribution in [0.3, 0.4) is 0 Å². The number of aromatic nitrogens is 2. The van der Waals surface area contributed by atoms with Gasteiger partial charge in [-0.25, -0.2) is 4.98 Å². The predicted molar refractivity (Wildman–Crippen MR) is 79.7 cm³/mol. The molecule has 0 fully saturated rings. The molecule has 3 nitrogen and oxygen atoms in total. The van der Waals surface area contributed by atoms with Gasteiger partial charge >= 0.3 is 0 Å². The summed E-state index contributed by atoms with van der Waals surface area (Å²) in [4.78, 5) is 4.41. The van der Waals surface area contributed by atoms with Gasteiger partial charge in [-0.2, -0.15) is 0 Å². The Morgan fingerprint density at radius 3 is 3.10 bits per heavy atom. The van der Waals surface area contributed by atoms with Crippen LogP contribution in [0, 0.1) is 0 Å². The first-order valence-electron chi connectivity index (χ1n) is 7.55. The fourth-order valence-electron chi connectivity index (χ4n) is 3.29. The Kier molecular flexibility index (Phi) is 3.88. The lowest BCUT2D eigenvalue weighted by atomic mass is 9.93. The average Bonchev–Trinajstić information content (AvgIpc) is 3.06. The highest BCUT2D eigenvalue weighted by atomic mass is 16.3. The monoisotopic (exact) mass is 270 g/mol. The first-order chi connectivity index (χ1) is 9.79. The lowest BCUT2D eigenvalue weighted by Gasteiger charge is -2.19. The van der Waals surface area contributed by atoms with Gasteiger partial charge in [-0.1, -0.05) is 31.2 Å².